The Morgan fingerprint density at radius 2 is 1.90 bits per heavy atom. The highest BCUT2D eigenvalue weighted by Crippen LogP contribution is 2.36. The number of aromatic carboxylic acids is 1. The van der Waals surface area contributed by atoms with Gasteiger partial charge >= 0.3 is 5.97 Å². The molecule has 0 atom stereocenters. The van der Waals surface area contributed by atoms with Gasteiger partial charge in [0.15, 0.2) is 0 Å². The Hall–Kier alpha value is -2.07. The summed E-state index contributed by atoms with van der Waals surface area (Å²) in [5, 5.41) is 9.07. The first kappa shape index (κ1) is 15.3. The highest BCUT2D eigenvalue weighted by Gasteiger charge is 2.21. The predicted octanol–water partition coefficient (Wildman–Crippen LogP) is 4.52. The molecule has 0 unspecified atom stereocenters. The molecule has 0 saturated heterocycles. The number of carboxylic acid groups (broad SMARTS) is 1. The fourth-order valence-corrected chi connectivity index (χ4v) is 2.17. The second kappa shape index (κ2) is 5.74. The number of para-hydroxylation sites is 1. The lowest BCUT2D eigenvalue weighted by Crippen LogP contribution is -2.12. The zero-order valence-electron chi connectivity index (χ0n) is 12.1. The van der Waals surface area contributed by atoms with Crippen LogP contribution in [0.4, 0.5) is 0 Å². The van der Waals surface area contributed by atoms with Crippen molar-refractivity contribution in [1.82, 2.24) is 4.98 Å². The minimum atomic E-state index is -1.11. The molecule has 0 amide bonds. The van der Waals surface area contributed by atoms with E-state index in [4.69, 9.17) is 21.4 Å². The first-order chi connectivity index (χ1) is 9.80. The number of halogens is 1. The fraction of sp³-hybridized carbons (Fsp3) is 0.250. The first-order valence-electron chi connectivity index (χ1n) is 6.46. The van der Waals surface area contributed by atoms with Gasteiger partial charge in [-0.3, -0.25) is 0 Å². The van der Waals surface area contributed by atoms with E-state index in [0.29, 0.717) is 5.75 Å². The maximum Gasteiger partial charge on any atom is 0.337 e. The Labute approximate surface area is 128 Å². The van der Waals surface area contributed by atoms with Crippen LogP contribution in [0.25, 0.3) is 0 Å². The van der Waals surface area contributed by atoms with Crippen molar-refractivity contribution in [2.75, 3.05) is 0 Å². The molecule has 0 spiro atoms. The normalized spacial score (nSPS) is 11.2. The molecule has 110 valence electrons. The van der Waals surface area contributed by atoms with Crippen LogP contribution in [0.3, 0.4) is 0 Å². The van der Waals surface area contributed by atoms with Crippen LogP contribution in [-0.4, -0.2) is 16.1 Å². The van der Waals surface area contributed by atoms with Crippen molar-refractivity contribution in [1.29, 1.82) is 0 Å². The molecule has 0 aliphatic carbocycles. The van der Waals surface area contributed by atoms with Gasteiger partial charge in [-0.2, -0.15) is 0 Å². The van der Waals surface area contributed by atoms with Gasteiger partial charge in [0.25, 0.3) is 0 Å². The standard InChI is InChI=1S/C16H16ClNO3/c1-16(2,3)11-6-4-5-7-12(11)21-14-13(17)10(15(19)20)8-9-18-14/h4-9H,1-3H3,(H,19,20). The minimum Gasteiger partial charge on any atom is -0.478 e. The molecule has 4 nitrogen and oxygen atoms in total. The minimum absolute atomic E-state index is 0.00582. The number of carboxylic acids is 1. The summed E-state index contributed by atoms with van der Waals surface area (Å²) in [6, 6.07) is 8.89. The predicted molar refractivity (Wildman–Crippen MR) is 81.4 cm³/mol. The van der Waals surface area contributed by atoms with Gasteiger partial charge in [0.2, 0.25) is 5.88 Å². The van der Waals surface area contributed by atoms with Crippen LogP contribution in [0, 0.1) is 0 Å². The van der Waals surface area contributed by atoms with Gasteiger partial charge in [0.1, 0.15) is 10.8 Å². The molecule has 21 heavy (non-hydrogen) atoms. The van der Waals surface area contributed by atoms with Crippen LogP contribution in [-0.2, 0) is 5.41 Å². The summed E-state index contributed by atoms with van der Waals surface area (Å²) in [7, 11) is 0. The topological polar surface area (TPSA) is 59.4 Å². The molecule has 0 aliphatic heterocycles. The lowest BCUT2D eigenvalue weighted by molar-refractivity contribution is 0.0696. The number of carbonyl (C=O) groups is 1. The van der Waals surface area contributed by atoms with Crippen molar-refractivity contribution in [2.45, 2.75) is 26.2 Å². The summed E-state index contributed by atoms with van der Waals surface area (Å²) < 4.78 is 5.75. The maximum atomic E-state index is 11.1. The van der Waals surface area contributed by atoms with Crippen molar-refractivity contribution >= 4 is 17.6 Å². The van der Waals surface area contributed by atoms with E-state index in [-0.39, 0.29) is 21.9 Å². The van der Waals surface area contributed by atoms with Crippen LogP contribution in [0.15, 0.2) is 36.5 Å². The van der Waals surface area contributed by atoms with Crippen molar-refractivity contribution in [3.63, 3.8) is 0 Å². The summed E-state index contributed by atoms with van der Waals surface area (Å²) >= 11 is 6.05. The van der Waals surface area contributed by atoms with Crippen LogP contribution < -0.4 is 4.74 Å². The van der Waals surface area contributed by atoms with E-state index < -0.39 is 5.97 Å². The van der Waals surface area contributed by atoms with E-state index in [0.717, 1.165) is 5.56 Å². The van der Waals surface area contributed by atoms with Gasteiger partial charge in [-0.1, -0.05) is 50.6 Å². The number of hydrogen-bond donors (Lipinski definition) is 1. The molecular weight excluding hydrogens is 290 g/mol. The van der Waals surface area contributed by atoms with Gasteiger partial charge in [-0.25, -0.2) is 9.78 Å². The molecule has 2 rings (SSSR count). The van der Waals surface area contributed by atoms with Crippen LogP contribution >= 0.6 is 11.6 Å². The number of pyridine rings is 1. The molecule has 0 radical (unpaired) electrons. The molecule has 1 aromatic heterocycles. The Balaban J connectivity index is 2.45. The number of aromatic nitrogens is 1. The summed E-state index contributed by atoms with van der Waals surface area (Å²) in [4.78, 5) is 15.1. The van der Waals surface area contributed by atoms with Gasteiger partial charge < -0.3 is 9.84 Å². The number of benzene rings is 1. The molecule has 1 N–H and O–H groups in total. The van der Waals surface area contributed by atoms with E-state index in [9.17, 15) is 4.79 Å². The van der Waals surface area contributed by atoms with E-state index in [1.54, 1.807) is 0 Å². The third kappa shape index (κ3) is 3.34. The van der Waals surface area contributed by atoms with Gasteiger partial charge in [-0.05, 0) is 17.5 Å². The number of ether oxygens (including phenoxy) is 1. The molecular formula is C16H16ClNO3. The summed E-state index contributed by atoms with van der Waals surface area (Å²) in [5.41, 5.74) is 0.839. The molecule has 0 bridgehead atoms. The van der Waals surface area contributed by atoms with E-state index in [1.807, 2.05) is 24.3 Å². The van der Waals surface area contributed by atoms with Crippen LogP contribution in [0.5, 0.6) is 11.6 Å². The average Bonchev–Trinajstić information content (AvgIpc) is 2.40. The maximum absolute atomic E-state index is 11.1. The summed E-state index contributed by atoms with van der Waals surface area (Å²) in [5.74, 6) is -0.411. The third-order valence-corrected chi connectivity index (χ3v) is 3.35. The highest BCUT2D eigenvalue weighted by molar-refractivity contribution is 6.34. The largest absolute Gasteiger partial charge is 0.478 e. The van der Waals surface area contributed by atoms with E-state index in [1.165, 1.54) is 12.3 Å². The van der Waals surface area contributed by atoms with Crippen LogP contribution in [0.2, 0.25) is 5.02 Å². The van der Waals surface area contributed by atoms with Gasteiger partial charge in [0, 0.05) is 11.8 Å². The third-order valence-electron chi connectivity index (χ3n) is 2.99. The lowest BCUT2D eigenvalue weighted by atomic mass is 9.86. The summed E-state index contributed by atoms with van der Waals surface area (Å²) in [6.07, 6.45) is 1.37. The Kier molecular flexibility index (Phi) is 4.19. The van der Waals surface area contributed by atoms with E-state index in [2.05, 4.69) is 25.8 Å². The van der Waals surface area contributed by atoms with Crippen molar-refractivity contribution in [3.8, 4) is 11.6 Å². The highest BCUT2D eigenvalue weighted by atomic mass is 35.5. The number of rotatable bonds is 3. The zero-order valence-corrected chi connectivity index (χ0v) is 12.8. The Morgan fingerprint density at radius 1 is 1.24 bits per heavy atom. The molecule has 0 fully saturated rings. The second-order valence-corrected chi connectivity index (χ2v) is 6.01. The van der Waals surface area contributed by atoms with E-state index >= 15 is 0 Å². The fourth-order valence-electron chi connectivity index (χ4n) is 1.94. The molecule has 1 aromatic carbocycles. The lowest BCUT2D eigenvalue weighted by Gasteiger charge is -2.22. The first-order valence-corrected chi connectivity index (χ1v) is 6.83. The van der Waals surface area contributed by atoms with Crippen molar-refractivity contribution in [3.05, 3.63) is 52.7 Å². The number of nitrogens with zero attached hydrogens (tertiary/aromatic N) is 1. The second-order valence-electron chi connectivity index (χ2n) is 5.63. The van der Waals surface area contributed by atoms with Gasteiger partial charge in [0.05, 0.1) is 5.56 Å². The quantitative estimate of drug-likeness (QED) is 0.905. The van der Waals surface area contributed by atoms with Gasteiger partial charge in [-0.15, -0.1) is 0 Å². The molecule has 0 saturated carbocycles. The Morgan fingerprint density at radius 3 is 2.52 bits per heavy atom. The van der Waals surface area contributed by atoms with Crippen LogP contribution in [0.1, 0.15) is 36.7 Å². The SMILES string of the molecule is CC(C)(C)c1ccccc1Oc1nccc(C(=O)O)c1Cl. The molecule has 5 heteroatoms. The summed E-state index contributed by atoms with van der Waals surface area (Å²) in [6.45, 7) is 6.20. The molecule has 0 aliphatic rings. The zero-order chi connectivity index (χ0) is 15.6. The number of hydrogen-bond acceptors (Lipinski definition) is 3. The van der Waals surface area contributed by atoms with Crippen molar-refractivity contribution < 1.29 is 14.6 Å². The average molecular weight is 306 g/mol. The Bertz CT molecular complexity index is 677. The van der Waals surface area contributed by atoms with Crippen molar-refractivity contribution in [2.24, 2.45) is 0 Å². The molecule has 1 heterocycles. The monoisotopic (exact) mass is 305 g/mol. The molecule has 2 aromatic rings. The smallest absolute Gasteiger partial charge is 0.337 e.